The lowest BCUT2D eigenvalue weighted by Crippen LogP contribution is -2.27. The highest BCUT2D eigenvalue weighted by atomic mass is 14.9. The normalized spacial score (nSPS) is 8.25. The summed E-state index contributed by atoms with van der Waals surface area (Å²) in [5, 5.41) is 3.03. The smallest absolute Gasteiger partial charge is 0.00750 e. The standard InChI is InChI=1S/C4H13N3.H3N/c5-1-3-7-4-2-6;/h7H,1-6H2;1H3. The third-order valence-corrected chi connectivity index (χ3v) is 0.642. The zero-order chi connectivity index (χ0) is 5.54. The monoisotopic (exact) mass is 120 g/mol. The van der Waals surface area contributed by atoms with Crippen LogP contribution < -0.4 is 22.9 Å². The van der Waals surface area contributed by atoms with Gasteiger partial charge in [-0.3, -0.25) is 0 Å². The zero-order valence-electron chi connectivity index (χ0n) is 5.19. The van der Waals surface area contributed by atoms with Gasteiger partial charge in [0, 0.05) is 26.2 Å². The van der Waals surface area contributed by atoms with Gasteiger partial charge in [0.2, 0.25) is 0 Å². The van der Waals surface area contributed by atoms with E-state index < -0.39 is 0 Å². The fourth-order valence-corrected chi connectivity index (χ4v) is 0.329. The predicted octanol–water partition coefficient (Wildman–Crippen LogP) is -1.34. The number of nitrogens with one attached hydrogen (secondary N) is 1. The first-order valence-electron chi connectivity index (χ1n) is 2.52. The van der Waals surface area contributed by atoms with Crippen LogP contribution in [0.5, 0.6) is 0 Å². The van der Waals surface area contributed by atoms with Crippen molar-refractivity contribution in [3.8, 4) is 0 Å². The van der Waals surface area contributed by atoms with Crippen LogP contribution >= 0.6 is 0 Å². The molecule has 8 heavy (non-hydrogen) atoms. The van der Waals surface area contributed by atoms with Crippen LogP contribution in [0.3, 0.4) is 0 Å². The highest BCUT2D eigenvalue weighted by molar-refractivity contribution is 4.45. The molecule has 0 amide bonds. The van der Waals surface area contributed by atoms with Gasteiger partial charge in [0.1, 0.15) is 0 Å². The lowest BCUT2D eigenvalue weighted by atomic mass is 10.6. The SMILES string of the molecule is N.NCCNCCN. The molecule has 0 aliphatic heterocycles. The van der Waals surface area contributed by atoms with Gasteiger partial charge in [-0.15, -0.1) is 0 Å². The highest BCUT2D eigenvalue weighted by Crippen LogP contribution is 1.49. The second kappa shape index (κ2) is 9.96. The van der Waals surface area contributed by atoms with Crippen molar-refractivity contribution >= 4 is 0 Å². The Bertz CT molecular complexity index is 27.2. The Balaban J connectivity index is 0. The van der Waals surface area contributed by atoms with E-state index >= 15 is 0 Å². The molecule has 0 saturated heterocycles. The first kappa shape index (κ1) is 10.8. The Morgan fingerprint density at radius 1 is 1.00 bits per heavy atom. The Kier molecular flexibility index (Phi) is 13.4. The number of hydrogen-bond acceptors (Lipinski definition) is 4. The summed E-state index contributed by atoms with van der Waals surface area (Å²) >= 11 is 0. The molecule has 0 aliphatic carbocycles. The van der Waals surface area contributed by atoms with Gasteiger partial charge in [0.05, 0.1) is 0 Å². The molecule has 52 valence electrons. The van der Waals surface area contributed by atoms with E-state index in [1.165, 1.54) is 0 Å². The topological polar surface area (TPSA) is 99.1 Å². The van der Waals surface area contributed by atoms with Gasteiger partial charge in [0.25, 0.3) is 0 Å². The average molecular weight is 120 g/mol. The van der Waals surface area contributed by atoms with Crippen molar-refractivity contribution < 1.29 is 0 Å². The molecule has 0 aliphatic rings. The van der Waals surface area contributed by atoms with E-state index in [1.54, 1.807) is 0 Å². The summed E-state index contributed by atoms with van der Waals surface area (Å²) in [7, 11) is 0. The third kappa shape index (κ3) is 9.28. The number of rotatable bonds is 4. The molecule has 0 unspecified atom stereocenters. The highest BCUT2D eigenvalue weighted by Gasteiger charge is 1.76. The molecule has 0 aromatic carbocycles. The molecular formula is C4H16N4. The van der Waals surface area contributed by atoms with Crippen molar-refractivity contribution in [2.45, 2.75) is 0 Å². The van der Waals surface area contributed by atoms with E-state index in [0.717, 1.165) is 13.1 Å². The molecular weight excluding hydrogens is 104 g/mol. The lowest BCUT2D eigenvalue weighted by Gasteiger charge is -1.95. The molecule has 0 spiro atoms. The van der Waals surface area contributed by atoms with Crippen LogP contribution in [-0.4, -0.2) is 26.2 Å². The summed E-state index contributed by atoms with van der Waals surface area (Å²) in [6.45, 7) is 3.13. The Morgan fingerprint density at radius 3 is 1.62 bits per heavy atom. The minimum atomic E-state index is 0. The van der Waals surface area contributed by atoms with Crippen molar-refractivity contribution in [3.05, 3.63) is 0 Å². The van der Waals surface area contributed by atoms with E-state index in [4.69, 9.17) is 11.5 Å². The molecule has 0 atom stereocenters. The fourth-order valence-electron chi connectivity index (χ4n) is 0.329. The molecule has 0 bridgehead atoms. The molecule has 0 fully saturated rings. The van der Waals surface area contributed by atoms with E-state index in [2.05, 4.69) is 5.32 Å². The molecule has 4 heteroatoms. The maximum Gasteiger partial charge on any atom is 0.00750 e. The second-order valence-electron chi connectivity index (χ2n) is 1.33. The molecule has 0 rings (SSSR count). The van der Waals surface area contributed by atoms with E-state index in [1.807, 2.05) is 0 Å². The first-order valence-corrected chi connectivity index (χ1v) is 2.52. The van der Waals surface area contributed by atoms with Crippen molar-refractivity contribution in [1.29, 1.82) is 0 Å². The van der Waals surface area contributed by atoms with Gasteiger partial charge >= 0.3 is 0 Å². The summed E-state index contributed by atoms with van der Waals surface area (Å²) < 4.78 is 0. The zero-order valence-corrected chi connectivity index (χ0v) is 5.19. The average Bonchev–Trinajstić information content (AvgIpc) is 1.69. The van der Waals surface area contributed by atoms with Crippen LogP contribution in [0.4, 0.5) is 0 Å². The molecule has 0 aromatic heterocycles. The summed E-state index contributed by atoms with van der Waals surface area (Å²) in [6.07, 6.45) is 0. The Hall–Kier alpha value is -0.160. The van der Waals surface area contributed by atoms with E-state index in [9.17, 15) is 0 Å². The van der Waals surface area contributed by atoms with Crippen molar-refractivity contribution in [2.75, 3.05) is 26.2 Å². The van der Waals surface area contributed by atoms with Crippen LogP contribution in [-0.2, 0) is 0 Å². The summed E-state index contributed by atoms with van der Waals surface area (Å²) in [5.74, 6) is 0. The second-order valence-corrected chi connectivity index (χ2v) is 1.33. The first-order chi connectivity index (χ1) is 3.41. The Labute approximate surface area is 50.2 Å². The molecule has 0 radical (unpaired) electrons. The van der Waals surface area contributed by atoms with Gasteiger partial charge in [-0.1, -0.05) is 0 Å². The summed E-state index contributed by atoms with van der Waals surface area (Å²) in [5.41, 5.74) is 10.3. The molecule has 0 heterocycles. The summed E-state index contributed by atoms with van der Waals surface area (Å²) in [6, 6.07) is 0. The predicted molar refractivity (Wildman–Crippen MR) is 36.0 cm³/mol. The van der Waals surface area contributed by atoms with Gasteiger partial charge in [-0.25, -0.2) is 0 Å². The van der Waals surface area contributed by atoms with Crippen molar-refractivity contribution in [2.24, 2.45) is 11.5 Å². The molecule has 0 saturated carbocycles. The maximum absolute atomic E-state index is 5.17. The van der Waals surface area contributed by atoms with Crippen molar-refractivity contribution in [1.82, 2.24) is 11.5 Å². The number of nitrogens with two attached hydrogens (primary N) is 2. The minimum Gasteiger partial charge on any atom is -0.344 e. The third-order valence-electron chi connectivity index (χ3n) is 0.642. The van der Waals surface area contributed by atoms with Crippen LogP contribution in [0.15, 0.2) is 0 Å². The van der Waals surface area contributed by atoms with Gasteiger partial charge in [0.15, 0.2) is 0 Å². The van der Waals surface area contributed by atoms with E-state index in [-0.39, 0.29) is 6.15 Å². The molecule has 4 nitrogen and oxygen atoms in total. The van der Waals surface area contributed by atoms with Crippen LogP contribution in [0, 0.1) is 0 Å². The van der Waals surface area contributed by atoms with Crippen LogP contribution in [0.2, 0.25) is 0 Å². The quantitative estimate of drug-likeness (QED) is 0.345. The number of hydrogen-bond donors (Lipinski definition) is 4. The van der Waals surface area contributed by atoms with Crippen LogP contribution in [0.25, 0.3) is 0 Å². The van der Waals surface area contributed by atoms with E-state index in [0.29, 0.717) is 13.1 Å². The summed E-state index contributed by atoms with van der Waals surface area (Å²) in [4.78, 5) is 0. The fraction of sp³-hybridized carbons (Fsp3) is 1.00. The Morgan fingerprint density at radius 2 is 1.38 bits per heavy atom. The minimum absolute atomic E-state index is 0. The largest absolute Gasteiger partial charge is 0.344 e. The van der Waals surface area contributed by atoms with Gasteiger partial charge in [-0.2, -0.15) is 0 Å². The molecule has 0 aromatic rings. The van der Waals surface area contributed by atoms with Crippen molar-refractivity contribution in [3.63, 3.8) is 0 Å². The maximum atomic E-state index is 5.17. The lowest BCUT2D eigenvalue weighted by molar-refractivity contribution is 0.696. The van der Waals surface area contributed by atoms with Gasteiger partial charge in [-0.05, 0) is 0 Å². The van der Waals surface area contributed by atoms with Crippen LogP contribution in [0.1, 0.15) is 0 Å². The van der Waals surface area contributed by atoms with Gasteiger partial charge < -0.3 is 22.9 Å². The molecule has 8 N–H and O–H groups in total.